The van der Waals surface area contributed by atoms with Crippen molar-refractivity contribution in [2.24, 2.45) is 34.4 Å². The Labute approximate surface area is 346 Å². The van der Waals surface area contributed by atoms with Crippen molar-refractivity contribution in [3.63, 3.8) is 0 Å². The van der Waals surface area contributed by atoms with Crippen molar-refractivity contribution in [1.29, 1.82) is 0 Å². The molecule has 320 valence electrons. The third-order valence-corrected chi connectivity index (χ3v) is 10.1. The maximum atomic E-state index is 13.5. The van der Waals surface area contributed by atoms with E-state index in [9.17, 15) is 14.4 Å². The summed E-state index contributed by atoms with van der Waals surface area (Å²) < 4.78 is 0. The van der Waals surface area contributed by atoms with Crippen molar-refractivity contribution in [2.75, 3.05) is 78.5 Å². The summed E-state index contributed by atoms with van der Waals surface area (Å²) in [6, 6.07) is 18.1. The Balaban J connectivity index is 1.72. The van der Waals surface area contributed by atoms with Gasteiger partial charge in [-0.2, -0.15) is 0 Å². The summed E-state index contributed by atoms with van der Waals surface area (Å²) in [6.45, 7) is 6.18. The van der Waals surface area contributed by atoms with Crippen molar-refractivity contribution in [2.45, 2.75) is 77.0 Å². The third kappa shape index (κ3) is 18.2. The SMILES string of the molecule is NCCCc1cc(CCCN)cc(C(=O)NCCN(CCNC(=O)c2cc(CCCN)cc(CCCN)c2)CCNC(=O)c2cc(CCCN)cc(CCCN)c2)c1. The van der Waals surface area contributed by atoms with Gasteiger partial charge in [0.05, 0.1) is 0 Å². The molecule has 0 unspecified atom stereocenters. The molecule has 0 aromatic heterocycles. The number of aryl methyl sites for hydroxylation is 6. The number of benzene rings is 3. The van der Waals surface area contributed by atoms with E-state index in [1.54, 1.807) is 0 Å². The number of nitrogens with one attached hydrogen (secondary N) is 3. The van der Waals surface area contributed by atoms with Gasteiger partial charge in [-0.15, -0.1) is 0 Å². The van der Waals surface area contributed by atoms with Crippen molar-refractivity contribution in [3.8, 4) is 0 Å². The highest BCUT2D eigenvalue weighted by atomic mass is 16.2. The van der Waals surface area contributed by atoms with E-state index in [1.165, 1.54) is 0 Å². The number of nitrogens with zero attached hydrogens (tertiary/aromatic N) is 1. The molecule has 58 heavy (non-hydrogen) atoms. The van der Waals surface area contributed by atoms with Crippen molar-refractivity contribution in [3.05, 3.63) is 105 Å². The minimum Gasteiger partial charge on any atom is -0.351 e. The molecule has 3 aromatic rings. The molecule has 13 nitrogen and oxygen atoms in total. The van der Waals surface area contributed by atoms with Crippen LogP contribution in [0.5, 0.6) is 0 Å². The van der Waals surface area contributed by atoms with Crippen LogP contribution < -0.4 is 50.4 Å². The zero-order valence-electron chi connectivity index (χ0n) is 34.8. The average Bonchev–Trinajstić information content (AvgIpc) is 3.24. The summed E-state index contributed by atoms with van der Waals surface area (Å²) in [5.74, 6) is -0.444. The first-order chi connectivity index (χ1) is 28.2. The Bertz CT molecular complexity index is 1410. The first-order valence-corrected chi connectivity index (χ1v) is 21.4. The number of hydrogen-bond acceptors (Lipinski definition) is 10. The van der Waals surface area contributed by atoms with Gasteiger partial charge in [-0.1, -0.05) is 18.2 Å². The highest BCUT2D eigenvalue weighted by Gasteiger charge is 2.15. The lowest BCUT2D eigenvalue weighted by Crippen LogP contribution is -2.43. The average molecular weight is 801 g/mol. The predicted octanol–water partition coefficient (Wildman–Crippen LogP) is 1.93. The van der Waals surface area contributed by atoms with Crippen LogP contribution in [-0.4, -0.2) is 101 Å². The molecule has 0 saturated carbocycles. The summed E-state index contributed by atoms with van der Waals surface area (Å²) in [5, 5.41) is 9.29. The topological polar surface area (TPSA) is 247 Å². The molecule has 0 saturated heterocycles. The fourth-order valence-electron chi connectivity index (χ4n) is 7.01. The maximum Gasteiger partial charge on any atom is 0.251 e. The second-order valence-electron chi connectivity index (χ2n) is 15.1. The Morgan fingerprint density at radius 2 is 0.569 bits per heavy atom. The second-order valence-corrected chi connectivity index (χ2v) is 15.1. The molecule has 3 amide bonds. The molecule has 0 radical (unpaired) electrons. The first-order valence-electron chi connectivity index (χ1n) is 21.4. The third-order valence-electron chi connectivity index (χ3n) is 10.1. The lowest BCUT2D eigenvalue weighted by molar-refractivity contribution is 0.0948. The van der Waals surface area contributed by atoms with E-state index in [-0.39, 0.29) is 17.7 Å². The fourth-order valence-corrected chi connectivity index (χ4v) is 7.01. The first kappa shape index (κ1) is 48.2. The van der Waals surface area contributed by atoms with Crippen molar-refractivity contribution >= 4 is 17.7 Å². The van der Waals surface area contributed by atoms with Crippen LogP contribution in [0.2, 0.25) is 0 Å². The van der Waals surface area contributed by atoms with Crippen LogP contribution >= 0.6 is 0 Å². The minimum absolute atomic E-state index is 0.148. The quantitative estimate of drug-likeness (QED) is 0.0474. The Kier molecular flexibility index (Phi) is 23.5. The molecule has 0 aliphatic carbocycles. The van der Waals surface area contributed by atoms with Gasteiger partial charge in [0.2, 0.25) is 0 Å². The second kappa shape index (κ2) is 28.3. The normalized spacial score (nSPS) is 11.2. The van der Waals surface area contributed by atoms with Crippen LogP contribution in [0.3, 0.4) is 0 Å². The molecule has 0 fully saturated rings. The molecule has 3 rings (SSSR count). The van der Waals surface area contributed by atoms with E-state index in [2.05, 4.69) is 39.0 Å². The summed E-state index contributed by atoms with van der Waals surface area (Å²) in [7, 11) is 0. The van der Waals surface area contributed by atoms with Gasteiger partial charge >= 0.3 is 0 Å². The van der Waals surface area contributed by atoms with Gasteiger partial charge in [0.25, 0.3) is 17.7 Å². The van der Waals surface area contributed by atoms with Gasteiger partial charge in [0, 0.05) is 56.0 Å². The van der Waals surface area contributed by atoms with Crippen LogP contribution in [0.25, 0.3) is 0 Å². The van der Waals surface area contributed by atoms with Crippen LogP contribution in [0.1, 0.15) is 103 Å². The van der Waals surface area contributed by atoms with E-state index in [4.69, 9.17) is 34.4 Å². The van der Waals surface area contributed by atoms with E-state index >= 15 is 0 Å². The summed E-state index contributed by atoms with van der Waals surface area (Å²) in [6.07, 6.45) is 9.87. The molecule has 15 N–H and O–H groups in total. The van der Waals surface area contributed by atoms with Crippen LogP contribution in [-0.2, 0) is 38.5 Å². The smallest absolute Gasteiger partial charge is 0.251 e. The number of carbonyl (C=O) groups is 3. The number of nitrogens with two attached hydrogens (primary N) is 6. The van der Waals surface area contributed by atoms with E-state index in [0.717, 1.165) is 110 Å². The van der Waals surface area contributed by atoms with Crippen LogP contribution in [0.15, 0.2) is 54.6 Å². The molecular formula is C45H72N10O3. The Morgan fingerprint density at radius 3 is 0.759 bits per heavy atom. The molecule has 0 atom stereocenters. The monoisotopic (exact) mass is 801 g/mol. The van der Waals surface area contributed by atoms with Gasteiger partial charge in [-0.3, -0.25) is 19.3 Å². The van der Waals surface area contributed by atoms with Gasteiger partial charge < -0.3 is 50.4 Å². The highest BCUT2D eigenvalue weighted by molar-refractivity contribution is 5.95. The summed E-state index contributed by atoms with van der Waals surface area (Å²) in [4.78, 5) is 42.5. The molecule has 0 aliphatic heterocycles. The van der Waals surface area contributed by atoms with Gasteiger partial charge in [0.1, 0.15) is 0 Å². The molecule has 0 spiro atoms. The van der Waals surface area contributed by atoms with Crippen LogP contribution in [0.4, 0.5) is 0 Å². The zero-order chi connectivity index (χ0) is 42.0. The largest absolute Gasteiger partial charge is 0.351 e. The van der Waals surface area contributed by atoms with Crippen molar-refractivity contribution in [1.82, 2.24) is 20.9 Å². The standard InChI is InChI=1S/C45H72N10O3/c46-13-1-7-34-25-35(8-2-14-47)29-40(28-34)43(56)52-19-22-55(23-20-53-44(57)41-30-36(9-3-15-48)26-37(31-41)10-4-16-49)24-21-54-45(58)42-32-38(11-5-17-50)27-39(33-42)12-6-18-51/h25-33H,1-24,46-51H2,(H,52,56)(H,53,57)(H,54,58). The van der Waals surface area contributed by atoms with E-state index in [1.807, 2.05) is 36.4 Å². The molecular weight excluding hydrogens is 729 g/mol. The van der Waals surface area contributed by atoms with Gasteiger partial charge in [-0.05, 0) is 186 Å². The molecule has 0 aliphatic rings. The Hall–Kier alpha value is -4.21. The molecule has 0 bridgehead atoms. The number of rotatable bonds is 30. The number of hydrogen-bond donors (Lipinski definition) is 9. The number of amides is 3. The van der Waals surface area contributed by atoms with Crippen LogP contribution in [0, 0.1) is 0 Å². The zero-order valence-corrected chi connectivity index (χ0v) is 34.8. The van der Waals surface area contributed by atoms with Crippen molar-refractivity contribution < 1.29 is 14.4 Å². The predicted molar refractivity (Wildman–Crippen MR) is 237 cm³/mol. The molecule has 13 heteroatoms. The highest BCUT2D eigenvalue weighted by Crippen LogP contribution is 2.17. The fraction of sp³-hybridized carbons (Fsp3) is 0.533. The van der Waals surface area contributed by atoms with E-state index in [0.29, 0.717) is 95.2 Å². The van der Waals surface area contributed by atoms with E-state index < -0.39 is 0 Å². The lowest BCUT2D eigenvalue weighted by atomic mass is 9.99. The summed E-state index contributed by atoms with van der Waals surface area (Å²) >= 11 is 0. The van der Waals surface area contributed by atoms with Gasteiger partial charge in [0.15, 0.2) is 0 Å². The molecule has 3 aromatic carbocycles. The minimum atomic E-state index is -0.148. The van der Waals surface area contributed by atoms with Gasteiger partial charge in [-0.25, -0.2) is 0 Å². The maximum absolute atomic E-state index is 13.5. The lowest BCUT2D eigenvalue weighted by Gasteiger charge is -2.23. The Morgan fingerprint density at radius 1 is 0.362 bits per heavy atom. The number of carbonyl (C=O) groups excluding carboxylic acids is 3. The molecule has 0 heterocycles. The summed E-state index contributed by atoms with van der Waals surface area (Å²) in [5.41, 5.74) is 43.0.